The molecule has 0 radical (unpaired) electrons. The zero-order chi connectivity index (χ0) is 13.3. The van der Waals surface area contributed by atoms with Gasteiger partial charge in [0.2, 0.25) is 0 Å². The van der Waals surface area contributed by atoms with E-state index in [1.807, 2.05) is 34.6 Å². The quantitative estimate of drug-likeness (QED) is 0.427. The molecule has 4 heteroatoms. The standard InChI is InChI=1S/C13H26N2O2/c1-6-7-8-9-10-11(2)14-15-12(16)17-13(3,4)5/h6-7,11,14H,8-10H2,1-5H3,(H,15,16). The van der Waals surface area contributed by atoms with Crippen molar-refractivity contribution < 1.29 is 9.53 Å². The van der Waals surface area contributed by atoms with Gasteiger partial charge in [-0.15, -0.1) is 0 Å². The second-order valence-corrected chi connectivity index (χ2v) is 5.17. The lowest BCUT2D eigenvalue weighted by Gasteiger charge is -2.21. The smallest absolute Gasteiger partial charge is 0.422 e. The number of hydrogen-bond acceptors (Lipinski definition) is 3. The van der Waals surface area contributed by atoms with Gasteiger partial charge in [-0.3, -0.25) is 5.43 Å². The molecule has 0 saturated carbocycles. The van der Waals surface area contributed by atoms with Gasteiger partial charge in [-0.05, 0) is 53.9 Å². The zero-order valence-electron chi connectivity index (χ0n) is 11.7. The van der Waals surface area contributed by atoms with Crippen LogP contribution in [0, 0.1) is 0 Å². The van der Waals surface area contributed by atoms with Crippen LogP contribution in [0.25, 0.3) is 0 Å². The number of carbonyl (C=O) groups is 1. The summed E-state index contributed by atoms with van der Waals surface area (Å²) in [5.41, 5.74) is 5.03. The molecule has 1 amide bonds. The number of carbonyl (C=O) groups excluding carboxylic acids is 1. The summed E-state index contributed by atoms with van der Waals surface area (Å²) in [5.74, 6) is 0. The summed E-state index contributed by atoms with van der Waals surface area (Å²) in [7, 11) is 0. The number of hydrazine groups is 1. The molecule has 0 aliphatic heterocycles. The Bertz CT molecular complexity index is 244. The van der Waals surface area contributed by atoms with Crippen LogP contribution in [0.3, 0.4) is 0 Å². The topological polar surface area (TPSA) is 50.4 Å². The van der Waals surface area contributed by atoms with Crippen molar-refractivity contribution >= 4 is 6.09 Å². The Morgan fingerprint density at radius 1 is 1.41 bits per heavy atom. The molecule has 4 nitrogen and oxygen atoms in total. The van der Waals surface area contributed by atoms with Gasteiger partial charge in [0.15, 0.2) is 0 Å². The van der Waals surface area contributed by atoms with Crippen LogP contribution in [0.4, 0.5) is 4.79 Å². The van der Waals surface area contributed by atoms with Gasteiger partial charge in [0.1, 0.15) is 5.60 Å². The molecule has 17 heavy (non-hydrogen) atoms. The SMILES string of the molecule is CC=CCCCC(C)NNC(=O)OC(C)(C)C. The Kier molecular flexibility index (Phi) is 7.63. The Morgan fingerprint density at radius 2 is 2.06 bits per heavy atom. The van der Waals surface area contributed by atoms with Crippen molar-refractivity contribution in [3.8, 4) is 0 Å². The van der Waals surface area contributed by atoms with Gasteiger partial charge in [-0.1, -0.05) is 12.2 Å². The van der Waals surface area contributed by atoms with Crippen molar-refractivity contribution in [2.75, 3.05) is 0 Å². The minimum Gasteiger partial charge on any atom is -0.443 e. The van der Waals surface area contributed by atoms with Crippen LogP contribution in [0.15, 0.2) is 12.2 Å². The molecule has 0 fully saturated rings. The summed E-state index contributed by atoms with van der Waals surface area (Å²) in [6.45, 7) is 9.58. The first-order valence-corrected chi connectivity index (χ1v) is 6.21. The number of hydrogen-bond donors (Lipinski definition) is 2. The molecule has 0 heterocycles. The monoisotopic (exact) mass is 242 g/mol. The Morgan fingerprint density at radius 3 is 2.59 bits per heavy atom. The van der Waals surface area contributed by atoms with Gasteiger partial charge in [0.05, 0.1) is 0 Å². The highest BCUT2D eigenvalue weighted by atomic mass is 16.6. The van der Waals surface area contributed by atoms with Crippen LogP contribution < -0.4 is 10.9 Å². The van der Waals surface area contributed by atoms with Crippen LogP contribution in [0.2, 0.25) is 0 Å². The molecular formula is C13H26N2O2. The molecule has 1 unspecified atom stereocenters. The third-order valence-corrected chi connectivity index (χ3v) is 2.06. The van der Waals surface area contributed by atoms with Gasteiger partial charge in [-0.25, -0.2) is 10.2 Å². The van der Waals surface area contributed by atoms with Crippen LogP contribution in [0.1, 0.15) is 53.9 Å². The van der Waals surface area contributed by atoms with Gasteiger partial charge >= 0.3 is 6.09 Å². The largest absolute Gasteiger partial charge is 0.443 e. The molecule has 0 spiro atoms. The van der Waals surface area contributed by atoms with Crippen molar-refractivity contribution in [1.82, 2.24) is 10.9 Å². The summed E-state index contributed by atoms with van der Waals surface area (Å²) in [6, 6.07) is 0.243. The molecule has 0 aromatic heterocycles. The number of allylic oxidation sites excluding steroid dienone is 2. The van der Waals surface area contributed by atoms with Gasteiger partial charge in [-0.2, -0.15) is 0 Å². The number of ether oxygens (including phenoxy) is 1. The number of nitrogens with one attached hydrogen (secondary N) is 2. The van der Waals surface area contributed by atoms with E-state index in [-0.39, 0.29) is 6.04 Å². The highest BCUT2D eigenvalue weighted by Gasteiger charge is 2.16. The second-order valence-electron chi connectivity index (χ2n) is 5.17. The normalized spacial score (nSPS) is 13.7. The van der Waals surface area contributed by atoms with Gasteiger partial charge in [0.25, 0.3) is 0 Å². The van der Waals surface area contributed by atoms with Gasteiger partial charge in [0, 0.05) is 6.04 Å². The Hall–Kier alpha value is -1.03. The van der Waals surface area contributed by atoms with Crippen LogP contribution in [0.5, 0.6) is 0 Å². The first-order valence-electron chi connectivity index (χ1n) is 6.21. The maximum atomic E-state index is 11.3. The van der Waals surface area contributed by atoms with E-state index >= 15 is 0 Å². The third-order valence-electron chi connectivity index (χ3n) is 2.06. The van der Waals surface area contributed by atoms with Crippen LogP contribution >= 0.6 is 0 Å². The molecule has 0 rings (SSSR count). The lowest BCUT2D eigenvalue weighted by Crippen LogP contribution is -2.45. The molecule has 100 valence electrons. The fraction of sp³-hybridized carbons (Fsp3) is 0.769. The molecule has 0 aromatic carbocycles. The average molecular weight is 242 g/mol. The minimum absolute atomic E-state index is 0.243. The van der Waals surface area contributed by atoms with E-state index < -0.39 is 11.7 Å². The molecule has 0 aliphatic rings. The number of rotatable bonds is 6. The van der Waals surface area contributed by atoms with E-state index in [0.717, 1.165) is 19.3 Å². The highest BCUT2D eigenvalue weighted by Crippen LogP contribution is 2.06. The summed E-state index contributed by atoms with van der Waals surface area (Å²) >= 11 is 0. The summed E-state index contributed by atoms with van der Waals surface area (Å²) in [4.78, 5) is 11.3. The molecule has 0 aliphatic carbocycles. The number of unbranched alkanes of at least 4 members (excludes halogenated alkanes) is 1. The van der Waals surface area contributed by atoms with Crippen molar-refractivity contribution in [3.63, 3.8) is 0 Å². The highest BCUT2D eigenvalue weighted by molar-refractivity contribution is 5.66. The Balaban J connectivity index is 3.62. The predicted octanol–water partition coefficient (Wildman–Crippen LogP) is 3.15. The molecule has 0 saturated heterocycles. The molecule has 0 bridgehead atoms. The zero-order valence-corrected chi connectivity index (χ0v) is 11.7. The summed E-state index contributed by atoms with van der Waals surface area (Å²) < 4.78 is 5.11. The second kappa shape index (κ2) is 8.12. The van der Waals surface area contributed by atoms with E-state index in [0.29, 0.717) is 0 Å². The minimum atomic E-state index is -0.457. The first kappa shape index (κ1) is 16.0. The number of amides is 1. The molecule has 0 aromatic rings. The van der Waals surface area contributed by atoms with Crippen molar-refractivity contribution in [1.29, 1.82) is 0 Å². The van der Waals surface area contributed by atoms with Crippen molar-refractivity contribution in [3.05, 3.63) is 12.2 Å². The molecule has 1 atom stereocenters. The maximum Gasteiger partial charge on any atom is 0.422 e. The van der Waals surface area contributed by atoms with E-state index in [4.69, 9.17) is 4.74 Å². The lowest BCUT2D eigenvalue weighted by atomic mass is 10.1. The lowest BCUT2D eigenvalue weighted by molar-refractivity contribution is 0.0488. The van der Waals surface area contributed by atoms with Crippen LogP contribution in [-0.4, -0.2) is 17.7 Å². The van der Waals surface area contributed by atoms with Crippen molar-refractivity contribution in [2.45, 2.75) is 65.5 Å². The summed E-state index contributed by atoms with van der Waals surface area (Å²) in [5, 5.41) is 0. The van der Waals surface area contributed by atoms with Crippen LogP contribution in [-0.2, 0) is 4.74 Å². The van der Waals surface area contributed by atoms with E-state index in [1.54, 1.807) is 0 Å². The first-order chi connectivity index (χ1) is 7.85. The Labute approximate surface area is 105 Å². The fourth-order valence-corrected chi connectivity index (χ4v) is 1.27. The van der Waals surface area contributed by atoms with Gasteiger partial charge < -0.3 is 4.74 Å². The van der Waals surface area contributed by atoms with Crippen molar-refractivity contribution in [2.24, 2.45) is 0 Å². The molecule has 2 N–H and O–H groups in total. The van der Waals surface area contributed by atoms with E-state index in [9.17, 15) is 4.79 Å². The summed E-state index contributed by atoms with van der Waals surface area (Å²) in [6.07, 6.45) is 6.96. The van der Waals surface area contributed by atoms with E-state index in [2.05, 4.69) is 23.0 Å². The van der Waals surface area contributed by atoms with E-state index in [1.165, 1.54) is 0 Å². The average Bonchev–Trinajstić information content (AvgIpc) is 2.19. The maximum absolute atomic E-state index is 11.3. The fourth-order valence-electron chi connectivity index (χ4n) is 1.27. The predicted molar refractivity (Wildman–Crippen MR) is 70.6 cm³/mol. The third kappa shape index (κ3) is 11.2. The molecular weight excluding hydrogens is 216 g/mol.